The number of hydrogen-bond acceptors (Lipinski definition) is 8. The van der Waals surface area contributed by atoms with Crippen molar-refractivity contribution in [2.45, 2.75) is 18.7 Å². The van der Waals surface area contributed by atoms with Gasteiger partial charge in [0.15, 0.2) is 0 Å². The van der Waals surface area contributed by atoms with Crippen molar-refractivity contribution in [2.75, 3.05) is 29.9 Å². The van der Waals surface area contributed by atoms with Gasteiger partial charge in [-0.05, 0) is 43.1 Å². The molecule has 9 nitrogen and oxygen atoms in total. The summed E-state index contributed by atoms with van der Waals surface area (Å²) in [6.07, 6.45) is 0. The molecule has 1 aromatic heterocycles. The summed E-state index contributed by atoms with van der Waals surface area (Å²) in [5.41, 5.74) is 0.881. The van der Waals surface area contributed by atoms with Crippen LogP contribution in [-0.4, -0.2) is 52.7 Å². The molecule has 11 heteroatoms. The molecule has 0 atom stereocenters. The van der Waals surface area contributed by atoms with E-state index in [9.17, 15) is 13.0 Å². The van der Waals surface area contributed by atoms with E-state index in [1.165, 1.54) is 12.1 Å². The number of anilines is 3. The van der Waals surface area contributed by atoms with Crippen LogP contribution in [0.3, 0.4) is 0 Å². The van der Waals surface area contributed by atoms with Crippen LogP contribution in [0.25, 0.3) is 0 Å². The Morgan fingerprint density at radius 3 is 2.60 bits per heavy atom. The van der Waals surface area contributed by atoms with Crippen LogP contribution in [0.1, 0.15) is 12.5 Å². The van der Waals surface area contributed by atoms with Crippen LogP contribution in [0.4, 0.5) is 17.6 Å². The first-order valence-electron chi connectivity index (χ1n) is 7.37. The van der Waals surface area contributed by atoms with Gasteiger partial charge in [-0.3, -0.25) is 4.55 Å². The molecule has 25 heavy (non-hydrogen) atoms. The molecule has 0 aliphatic carbocycles. The van der Waals surface area contributed by atoms with Gasteiger partial charge >= 0.3 is 0 Å². The molecule has 0 unspecified atom stereocenters. The molecule has 2 rings (SSSR count). The Labute approximate surface area is 150 Å². The van der Waals surface area contributed by atoms with Gasteiger partial charge in [-0.2, -0.15) is 23.4 Å². The Balaban J connectivity index is 2.45. The summed E-state index contributed by atoms with van der Waals surface area (Å²) in [4.78, 5) is 13.5. The van der Waals surface area contributed by atoms with Gasteiger partial charge in [0, 0.05) is 13.1 Å². The Morgan fingerprint density at radius 2 is 2.00 bits per heavy atom. The molecule has 0 spiro atoms. The largest absolute Gasteiger partial charge is 0.395 e. The van der Waals surface area contributed by atoms with Gasteiger partial charge < -0.3 is 15.3 Å². The van der Waals surface area contributed by atoms with Gasteiger partial charge in [0.1, 0.15) is 4.90 Å². The second-order valence-electron chi connectivity index (χ2n) is 5.13. The van der Waals surface area contributed by atoms with Crippen molar-refractivity contribution in [2.24, 2.45) is 0 Å². The second kappa shape index (κ2) is 7.91. The Bertz CT molecular complexity index is 862. The van der Waals surface area contributed by atoms with Gasteiger partial charge in [0.05, 0.1) is 12.3 Å². The number of rotatable bonds is 7. The highest BCUT2D eigenvalue weighted by atomic mass is 35.5. The third kappa shape index (κ3) is 4.98. The third-order valence-electron chi connectivity index (χ3n) is 3.29. The van der Waals surface area contributed by atoms with Crippen LogP contribution in [0.5, 0.6) is 0 Å². The maximum absolute atomic E-state index is 11.5. The van der Waals surface area contributed by atoms with Crippen LogP contribution in [0.15, 0.2) is 23.1 Å². The number of hydrogen-bond donors (Lipinski definition) is 3. The predicted molar refractivity (Wildman–Crippen MR) is 94.1 cm³/mol. The molecule has 0 aliphatic heterocycles. The number of aromatic nitrogens is 3. The van der Waals surface area contributed by atoms with Crippen molar-refractivity contribution >= 4 is 39.3 Å². The highest BCUT2D eigenvalue weighted by Gasteiger charge is 2.18. The highest BCUT2D eigenvalue weighted by Crippen LogP contribution is 2.26. The number of likely N-dealkylation sites (N-methyl/N-ethyl adjacent to an activating group) is 1. The van der Waals surface area contributed by atoms with E-state index in [-0.39, 0.29) is 34.4 Å². The Morgan fingerprint density at radius 1 is 1.28 bits per heavy atom. The fourth-order valence-electron chi connectivity index (χ4n) is 2.14. The first kappa shape index (κ1) is 19.3. The lowest BCUT2D eigenvalue weighted by Gasteiger charge is -2.20. The van der Waals surface area contributed by atoms with Crippen molar-refractivity contribution in [3.05, 3.63) is 29.0 Å². The van der Waals surface area contributed by atoms with Gasteiger partial charge in [0.25, 0.3) is 10.1 Å². The maximum Gasteiger partial charge on any atom is 0.296 e. The normalized spacial score (nSPS) is 11.4. The van der Waals surface area contributed by atoms with E-state index < -0.39 is 10.1 Å². The SMILES string of the molecule is CCN(CCO)c1nc(Cl)nc(Nc2cc(C)ccc2S(=O)(=O)O)n1. The number of halogens is 1. The number of nitrogens with zero attached hydrogens (tertiary/aromatic N) is 4. The molecule has 0 saturated carbocycles. The molecular formula is C14H18ClN5O4S. The summed E-state index contributed by atoms with van der Waals surface area (Å²) in [6.45, 7) is 4.37. The average molecular weight is 388 g/mol. The molecule has 2 aromatic rings. The molecule has 1 aromatic carbocycles. The molecular weight excluding hydrogens is 370 g/mol. The lowest BCUT2D eigenvalue weighted by molar-refractivity contribution is 0.301. The van der Waals surface area contributed by atoms with E-state index >= 15 is 0 Å². The second-order valence-corrected chi connectivity index (χ2v) is 6.86. The smallest absolute Gasteiger partial charge is 0.296 e. The van der Waals surface area contributed by atoms with Gasteiger partial charge in [-0.25, -0.2) is 0 Å². The number of nitrogens with one attached hydrogen (secondary N) is 1. The summed E-state index contributed by atoms with van der Waals surface area (Å²) in [5.74, 6) is 0.252. The van der Waals surface area contributed by atoms with Gasteiger partial charge in [0.2, 0.25) is 17.2 Å². The van der Waals surface area contributed by atoms with E-state index in [2.05, 4.69) is 20.3 Å². The number of aryl methyl sites for hydroxylation is 1. The molecule has 136 valence electrons. The Kier molecular flexibility index (Phi) is 6.11. The maximum atomic E-state index is 11.5. The summed E-state index contributed by atoms with van der Waals surface area (Å²) < 4.78 is 32.4. The zero-order chi connectivity index (χ0) is 18.6. The van der Waals surface area contributed by atoms with Crippen LogP contribution in [0, 0.1) is 6.92 Å². The third-order valence-corrected chi connectivity index (χ3v) is 4.37. The van der Waals surface area contributed by atoms with Crippen LogP contribution >= 0.6 is 11.6 Å². The van der Waals surface area contributed by atoms with Crippen molar-refractivity contribution in [1.82, 2.24) is 15.0 Å². The number of aliphatic hydroxyl groups is 1. The summed E-state index contributed by atoms with van der Waals surface area (Å²) in [6, 6.07) is 4.37. The molecule has 0 radical (unpaired) electrons. The standard InChI is InChI=1S/C14H18ClN5O4S/c1-3-20(6-7-21)14-18-12(15)17-13(19-14)16-10-8-9(2)4-5-11(10)25(22,23)24/h4-5,8,21H,3,6-7H2,1-2H3,(H,22,23,24)(H,16,17,18,19). The topological polar surface area (TPSA) is 129 Å². The predicted octanol–water partition coefficient (Wildman–Crippen LogP) is 1.64. The summed E-state index contributed by atoms with van der Waals surface area (Å²) in [7, 11) is -4.43. The van der Waals surface area contributed by atoms with Crippen molar-refractivity contribution in [3.8, 4) is 0 Å². The molecule has 1 heterocycles. The monoisotopic (exact) mass is 387 g/mol. The zero-order valence-corrected chi connectivity index (χ0v) is 15.2. The first-order valence-corrected chi connectivity index (χ1v) is 9.19. The van der Waals surface area contributed by atoms with Crippen LogP contribution in [0.2, 0.25) is 5.28 Å². The Hall–Kier alpha value is -2.01. The van der Waals surface area contributed by atoms with E-state index in [1.807, 2.05) is 6.92 Å². The quantitative estimate of drug-likeness (QED) is 0.607. The van der Waals surface area contributed by atoms with Gasteiger partial charge in [-0.15, -0.1) is 0 Å². The van der Waals surface area contributed by atoms with E-state index in [1.54, 1.807) is 17.9 Å². The number of benzene rings is 1. The fraction of sp³-hybridized carbons (Fsp3) is 0.357. The average Bonchev–Trinajstić information content (AvgIpc) is 2.50. The van der Waals surface area contributed by atoms with E-state index in [0.717, 1.165) is 5.56 Å². The van der Waals surface area contributed by atoms with Gasteiger partial charge in [-0.1, -0.05) is 6.07 Å². The first-order chi connectivity index (χ1) is 11.7. The molecule has 0 fully saturated rings. The molecule has 0 bridgehead atoms. The lowest BCUT2D eigenvalue weighted by atomic mass is 10.2. The minimum atomic E-state index is -4.43. The molecule has 0 amide bonds. The molecule has 0 aliphatic rings. The van der Waals surface area contributed by atoms with E-state index in [4.69, 9.17) is 16.7 Å². The zero-order valence-electron chi connectivity index (χ0n) is 13.6. The summed E-state index contributed by atoms with van der Waals surface area (Å²) >= 11 is 5.92. The minimum absolute atomic E-state index is 0.0156. The number of aliphatic hydroxyl groups excluding tert-OH is 1. The highest BCUT2D eigenvalue weighted by molar-refractivity contribution is 7.86. The van der Waals surface area contributed by atoms with Crippen molar-refractivity contribution in [3.63, 3.8) is 0 Å². The lowest BCUT2D eigenvalue weighted by Crippen LogP contribution is -2.28. The van der Waals surface area contributed by atoms with Crippen LogP contribution in [-0.2, 0) is 10.1 Å². The van der Waals surface area contributed by atoms with Crippen molar-refractivity contribution in [1.29, 1.82) is 0 Å². The fourth-order valence-corrected chi connectivity index (χ4v) is 2.93. The van der Waals surface area contributed by atoms with Crippen LogP contribution < -0.4 is 10.2 Å². The molecule has 3 N–H and O–H groups in total. The van der Waals surface area contributed by atoms with E-state index in [0.29, 0.717) is 13.1 Å². The van der Waals surface area contributed by atoms with Crippen molar-refractivity contribution < 1.29 is 18.1 Å². The summed E-state index contributed by atoms with van der Waals surface area (Å²) in [5, 5.41) is 11.8. The minimum Gasteiger partial charge on any atom is -0.395 e. The molecule has 0 saturated heterocycles.